The number of aldehydes is 1. The van der Waals surface area contributed by atoms with Crippen LogP contribution >= 0.6 is 0 Å². The Morgan fingerprint density at radius 1 is 0.800 bits per heavy atom. The Kier molecular flexibility index (Phi) is 18.0. The van der Waals surface area contributed by atoms with Crippen LogP contribution in [0.3, 0.4) is 0 Å². The van der Waals surface area contributed by atoms with Crippen molar-refractivity contribution in [1.82, 2.24) is 0 Å². The molecule has 0 aliphatic rings. The van der Waals surface area contributed by atoms with Crippen molar-refractivity contribution in [2.24, 2.45) is 0 Å². The van der Waals surface area contributed by atoms with Gasteiger partial charge in [-0.3, -0.25) is 4.79 Å². The highest BCUT2D eigenvalue weighted by molar-refractivity contribution is 5.69. The summed E-state index contributed by atoms with van der Waals surface area (Å²) in [7, 11) is 0. The molecule has 0 spiro atoms. The van der Waals surface area contributed by atoms with Crippen LogP contribution < -0.4 is 0 Å². The lowest BCUT2D eigenvalue weighted by molar-refractivity contribution is -0.158. The Morgan fingerprint density at radius 2 is 1.30 bits per heavy atom. The van der Waals surface area contributed by atoms with E-state index >= 15 is 0 Å². The number of ether oxygens (including phenoxy) is 1. The first-order chi connectivity index (χ1) is 14.3. The third-order valence-electron chi connectivity index (χ3n) is 5.19. The second kappa shape index (κ2) is 18.7. The minimum atomic E-state index is -1.89. The molecule has 0 bridgehead atoms. The molecule has 0 amide bonds. The van der Waals surface area contributed by atoms with E-state index in [9.17, 15) is 30.0 Å². The van der Waals surface area contributed by atoms with Crippen LogP contribution in [-0.2, 0) is 14.3 Å². The van der Waals surface area contributed by atoms with E-state index in [-0.39, 0.29) is 12.7 Å². The van der Waals surface area contributed by atoms with Crippen LogP contribution in [-0.4, -0.2) is 74.9 Å². The van der Waals surface area contributed by atoms with Crippen LogP contribution in [0.4, 0.5) is 0 Å². The Labute approximate surface area is 180 Å². The first-order valence-electron chi connectivity index (χ1n) is 11.3. The first-order valence-corrected chi connectivity index (χ1v) is 11.3. The van der Waals surface area contributed by atoms with Gasteiger partial charge in [0.2, 0.25) is 0 Å². The number of carbonyl (C=O) groups excluding carboxylic acids is 2. The predicted molar refractivity (Wildman–Crippen MR) is 113 cm³/mol. The van der Waals surface area contributed by atoms with E-state index in [1.807, 2.05) is 0 Å². The summed E-state index contributed by atoms with van der Waals surface area (Å²) in [5, 5.41) is 47.7. The lowest BCUT2D eigenvalue weighted by Gasteiger charge is -2.24. The van der Waals surface area contributed by atoms with Crippen LogP contribution in [0.5, 0.6) is 0 Å². The molecule has 0 aromatic rings. The number of aliphatic hydroxyl groups excluding tert-OH is 5. The molecule has 8 heteroatoms. The summed E-state index contributed by atoms with van der Waals surface area (Å²) in [6, 6.07) is 0. The van der Waals surface area contributed by atoms with E-state index in [1.165, 1.54) is 51.4 Å². The second-order valence-electron chi connectivity index (χ2n) is 8.04. The molecule has 5 atom stereocenters. The summed E-state index contributed by atoms with van der Waals surface area (Å²) in [6.45, 7) is 1.60. The molecule has 5 N–H and O–H groups in total. The largest absolute Gasteiger partial charge is 0.463 e. The van der Waals surface area contributed by atoms with E-state index in [1.54, 1.807) is 0 Å². The predicted octanol–water partition coefficient (Wildman–Crippen LogP) is 1.62. The third-order valence-corrected chi connectivity index (χ3v) is 5.19. The normalized spacial score (nSPS) is 16.5. The Hall–Kier alpha value is -1.06. The lowest BCUT2D eigenvalue weighted by atomic mass is 10.0. The van der Waals surface area contributed by atoms with Gasteiger partial charge >= 0.3 is 5.97 Å². The van der Waals surface area contributed by atoms with E-state index in [0.29, 0.717) is 6.42 Å². The van der Waals surface area contributed by atoms with Gasteiger partial charge in [0, 0.05) is 0 Å². The molecule has 0 aliphatic carbocycles. The molecule has 0 radical (unpaired) electrons. The maximum Gasteiger partial charge on any atom is 0.308 e. The fourth-order valence-corrected chi connectivity index (χ4v) is 3.18. The lowest BCUT2D eigenvalue weighted by Crippen LogP contribution is -2.46. The number of esters is 1. The fourth-order valence-electron chi connectivity index (χ4n) is 3.18. The van der Waals surface area contributed by atoms with Crippen molar-refractivity contribution in [3.05, 3.63) is 0 Å². The number of rotatable bonds is 20. The quantitative estimate of drug-likeness (QED) is 0.110. The van der Waals surface area contributed by atoms with Crippen molar-refractivity contribution >= 4 is 12.3 Å². The van der Waals surface area contributed by atoms with Crippen molar-refractivity contribution in [3.63, 3.8) is 0 Å². The molecular formula is C22H42O8. The molecule has 0 fully saturated rings. The minimum Gasteiger partial charge on any atom is -0.463 e. The van der Waals surface area contributed by atoms with Gasteiger partial charge < -0.3 is 35.1 Å². The maximum absolute atomic E-state index is 11.7. The standard InChI is InChI=1S/C22H42O8/c1-2-3-4-5-6-7-8-9-10-11-12-13-17(24)14-20(27)30-16-19(26)22(29)21(28)18(25)15-23/h15,17-19,21-22,24-26,28-29H,2-14,16H2,1H3/t17?,18-,19+,21+,22+/m0/s1. The Morgan fingerprint density at radius 3 is 1.80 bits per heavy atom. The number of aliphatic hydroxyl groups is 5. The fraction of sp³-hybridized carbons (Fsp3) is 0.909. The smallest absolute Gasteiger partial charge is 0.308 e. The van der Waals surface area contributed by atoms with Crippen LogP contribution in [0.25, 0.3) is 0 Å². The average Bonchev–Trinajstić information content (AvgIpc) is 2.74. The molecule has 0 rings (SSSR count). The summed E-state index contributed by atoms with van der Waals surface area (Å²) < 4.78 is 4.78. The molecular weight excluding hydrogens is 392 g/mol. The van der Waals surface area contributed by atoms with Crippen molar-refractivity contribution in [3.8, 4) is 0 Å². The number of hydrogen-bond donors (Lipinski definition) is 5. The summed E-state index contributed by atoms with van der Waals surface area (Å²) in [5.41, 5.74) is 0. The molecule has 0 saturated carbocycles. The summed E-state index contributed by atoms with van der Waals surface area (Å²) >= 11 is 0. The number of unbranched alkanes of at least 4 members (excludes halogenated alkanes) is 10. The van der Waals surface area contributed by atoms with Gasteiger partial charge in [-0.15, -0.1) is 0 Å². The average molecular weight is 435 g/mol. The van der Waals surface area contributed by atoms with Gasteiger partial charge in [-0.1, -0.05) is 77.6 Å². The minimum absolute atomic E-state index is 0.0254. The zero-order chi connectivity index (χ0) is 22.8. The summed E-state index contributed by atoms with van der Waals surface area (Å²) in [4.78, 5) is 22.1. The highest BCUT2D eigenvalue weighted by atomic mass is 16.5. The molecule has 0 heterocycles. The molecule has 178 valence electrons. The van der Waals surface area contributed by atoms with Crippen molar-refractivity contribution in [1.29, 1.82) is 0 Å². The highest BCUT2D eigenvalue weighted by Gasteiger charge is 2.31. The molecule has 0 aromatic carbocycles. The van der Waals surface area contributed by atoms with Gasteiger partial charge in [0.25, 0.3) is 0 Å². The third kappa shape index (κ3) is 14.8. The van der Waals surface area contributed by atoms with Gasteiger partial charge in [-0.05, 0) is 6.42 Å². The monoisotopic (exact) mass is 434 g/mol. The van der Waals surface area contributed by atoms with Gasteiger partial charge in [-0.25, -0.2) is 0 Å². The molecule has 0 aliphatic heterocycles. The van der Waals surface area contributed by atoms with Gasteiger partial charge in [0.15, 0.2) is 6.29 Å². The van der Waals surface area contributed by atoms with Gasteiger partial charge in [0.05, 0.1) is 12.5 Å². The molecule has 0 saturated heterocycles. The van der Waals surface area contributed by atoms with Crippen LogP contribution in [0, 0.1) is 0 Å². The van der Waals surface area contributed by atoms with Crippen molar-refractivity contribution in [2.75, 3.05) is 6.61 Å². The summed E-state index contributed by atoms with van der Waals surface area (Å²) in [6.07, 6.45) is 5.44. The van der Waals surface area contributed by atoms with Crippen molar-refractivity contribution in [2.45, 2.75) is 121 Å². The van der Waals surface area contributed by atoms with Gasteiger partial charge in [-0.2, -0.15) is 0 Å². The van der Waals surface area contributed by atoms with Crippen LogP contribution in [0.15, 0.2) is 0 Å². The zero-order valence-corrected chi connectivity index (χ0v) is 18.3. The Balaban J connectivity index is 3.71. The molecule has 0 aromatic heterocycles. The molecule has 1 unspecified atom stereocenters. The topological polar surface area (TPSA) is 145 Å². The van der Waals surface area contributed by atoms with E-state index in [2.05, 4.69) is 6.92 Å². The van der Waals surface area contributed by atoms with Crippen LogP contribution in [0.1, 0.15) is 90.4 Å². The van der Waals surface area contributed by atoms with E-state index in [0.717, 1.165) is 19.3 Å². The van der Waals surface area contributed by atoms with Crippen LogP contribution in [0.2, 0.25) is 0 Å². The van der Waals surface area contributed by atoms with E-state index in [4.69, 9.17) is 9.84 Å². The number of hydrogen-bond acceptors (Lipinski definition) is 8. The van der Waals surface area contributed by atoms with E-state index < -0.39 is 43.1 Å². The maximum atomic E-state index is 11.7. The van der Waals surface area contributed by atoms with Crippen molar-refractivity contribution < 1.29 is 39.9 Å². The first kappa shape index (κ1) is 28.9. The zero-order valence-electron chi connectivity index (χ0n) is 18.3. The second-order valence-corrected chi connectivity index (χ2v) is 8.04. The van der Waals surface area contributed by atoms with Gasteiger partial charge in [0.1, 0.15) is 31.0 Å². The molecule has 8 nitrogen and oxygen atoms in total. The molecule has 30 heavy (non-hydrogen) atoms. The SMILES string of the molecule is CCCCCCCCCCCCCC(O)CC(=O)OC[C@@H](O)[C@@H](O)[C@H](O)[C@@H](O)C=O. The Bertz CT molecular complexity index is 431. The number of carbonyl (C=O) groups is 2. The highest BCUT2D eigenvalue weighted by Crippen LogP contribution is 2.13. The summed E-state index contributed by atoms with van der Waals surface area (Å²) in [5.74, 6) is -0.734.